The van der Waals surface area contributed by atoms with E-state index < -0.39 is 11.7 Å². The van der Waals surface area contributed by atoms with E-state index in [9.17, 15) is 14.0 Å². The molecule has 0 bridgehead atoms. The Morgan fingerprint density at radius 2 is 2.18 bits per heavy atom. The molecular formula is C12H12FNO3. The van der Waals surface area contributed by atoms with Crippen LogP contribution in [0.4, 0.5) is 10.1 Å². The van der Waals surface area contributed by atoms with Gasteiger partial charge in [0.25, 0.3) is 5.91 Å². The van der Waals surface area contributed by atoms with E-state index in [1.165, 1.54) is 18.2 Å². The minimum atomic E-state index is -0.468. The van der Waals surface area contributed by atoms with Crippen LogP contribution in [0, 0.1) is 11.7 Å². The maximum Gasteiger partial charge on any atom is 0.309 e. The summed E-state index contributed by atoms with van der Waals surface area (Å²) in [5.74, 6) is -1.27. The molecule has 0 unspecified atom stereocenters. The van der Waals surface area contributed by atoms with Gasteiger partial charge < -0.3 is 10.1 Å². The zero-order valence-electron chi connectivity index (χ0n) is 9.11. The molecule has 0 aliphatic heterocycles. The third kappa shape index (κ3) is 3.55. The molecule has 1 aliphatic rings. The number of halogens is 1. The molecule has 1 aromatic carbocycles. The van der Waals surface area contributed by atoms with Crippen molar-refractivity contribution < 1.29 is 18.7 Å². The molecule has 5 heteroatoms. The molecule has 17 heavy (non-hydrogen) atoms. The fraction of sp³-hybridized carbons (Fsp3) is 0.333. The lowest BCUT2D eigenvalue weighted by Crippen LogP contribution is -2.21. The Hall–Kier alpha value is -1.91. The summed E-state index contributed by atoms with van der Waals surface area (Å²) < 4.78 is 17.6. The first-order valence-corrected chi connectivity index (χ1v) is 5.37. The number of hydrogen-bond donors (Lipinski definition) is 1. The molecule has 0 atom stereocenters. The van der Waals surface area contributed by atoms with Gasteiger partial charge in [-0.3, -0.25) is 9.59 Å². The van der Waals surface area contributed by atoms with Gasteiger partial charge in [0, 0.05) is 5.69 Å². The number of esters is 1. The van der Waals surface area contributed by atoms with Crippen molar-refractivity contribution in [2.75, 3.05) is 11.9 Å². The third-order valence-electron chi connectivity index (χ3n) is 2.36. The van der Waals surface area contributed by atoms with E-state index in [2.05, 4.69) is 5.32 Å². The van der Waals surface area contributed by atoms with Gasteiger partial charge in [-0.25, -0.2) is 4.39 Å². The Labute approximate surface area is 97.8 Å². The number of amides is 1. The predicted molar refractivity (Wildman–Crippen MR) is 58.7 cm³/mol. The predicted octanol–water partition coefficient (Wildman–Crippen LogP) is 1.72. The zero-order valence-corrected chi connectivity index (χ0v) is 9.11. The van der Waals surface area contributed by atoms with Crippen LogP contribution >= 0.6 is 0 Å². The van der Waals surface area contributed by atoms with Gasteiger partial charge in [-0.1, -0.05) is 6.07 Å². The summed E-state index contributed by atoms with van der Waals surface area (Å²) in [6, 6.07) is 5.52. The Morgan fingerprint density at radius 3 is 2.82 bits per heavy atom. The number of nitrogens with one attached hydrogen (secondary N) is 1. The van der Waals surface area contributed by atoms with Crippen LogP contribution in [0.3, 0.4) is 0 Å². The van der Waals surface area contributed by atoms with E-state index in [0.717, 1.165) is 12.8 Å². The highest BCUT2D eigenvalue weighted by molar-refractivity contribution is 5.93. The van der Waals surface area contributed by atoms with E-state index >= 15 is 0 Å². The third-order valence-corrected chi connectivity index (χ3v) is 2.36. The van der Waals surface area contributed by atoms with Crippen molar-refractivity contribution in [3.8, 4) is 0 Å². The normalized spacial score (nSPS) is 14.2. The average molecular weight is 237 g/mol. The Morgan fingerprint density at radius 1 is 1.41 bits per heavy atom. The fourth-order valence-corrected chi connectivity index (χ4v) is 1.34. The van der Waals surface area contributed by atoms with Gasteiger partial charge in [0.15, 0.2) is 6.61 Å². The fourth-order valence-electron chi connectivity index (χ4n) is 1.34. The van der Waals surface area contributed by atoms with Crippen molar-refractivity contribution in [2.24, 2.45) is 5.92 Å². The first-order valence-electron chi connectivity index (χ1n) is 5.37. The molecule has 90 valence electrons. The molecule has 2 rings (SSSR count). The minimum Gasteiger partial charge on any atom is -0.455 e. The number of anilines is 1. The van der Waals surface area contributed by atoms with Crippen molar-refractivity contribution in [1.82, 2.24) is 0 Å². The Balaban J connectivity index is 1.78. The topological polar surface area (TPSA) is 55.4 Å². The molecule has 0 spiro atoms. The zero-order chi connectivity index (χ0) is 12.3. The smallest absolute Gasteiger partial charge is 0.309 e. The van der Waals surface area contributed by atoms with Gasteiger partial charge in [-0.2, -0.15) is 0 Å². The van der Waals surface area contributed by atoms with Crippen LogP contribution in [0.1, 0.15) is 12.8 Å². The number of hydrogen-bond acceptors (Lipinski definition) is 3. The number of carbonyl (C=O) groups is 2. The second-order valence-corrected chi connectivity index (χ2v) is 3.94. The van der Waals surface area contributed by atoms with Crippen molar-refractivity contribution >= 4 is 17.6 Å². The van der Waals surface area contributed by atoms with Crippen LogP contribution in [0.5, 0.6) is 0 Å². The molecule has 0 aromatic heterocycles. The molecule has 1 aliphatic carbocycles. The lowest BCUT2D eigenvalue weighted by molar-refractivity contribution is -0.148. The highest BCUT2D eigenvalue weighted by atomic mass is 19.1. The van der Waals surface area contributed by atoms with Crippen molar-refractivity contribution in [1.29, 1.82) is 0 Å². The van der Waals surface area contributed by atoms with Crippen molar-refractivity contribution in [2.45, 2.75) is 12.8 Å². The standard InChI is InChI=1S/C12H12FNO3/c13-9-2-1-3-10(6-9)14-11(15)7-17-12(16)8-4-5-8/h1-3,6,8H,4-5,7H2,(H,14,15). The largest absolute Gasteiger partial charge is 0.455 e. The van der Waals surface area contributed by atoms with Crippen molar-refractivity contribution in [3.63, 3.8) is 0 Å². The minimum absolute atomic E-state index is 0.0306. The molecular weight excluding hydrogens is 225 g/mol. The first-order chi connectivity index (χ1) is 8.15. The van der Waals surface area contributed by atoms with E-state index in [1.807, 2.05) is 0 Å². The lowest BCUT2D eigenvalue weighted by atomic mass is 10.3. The van der Waals surface area contributed by atoms with Crippen LogP contribution < -0.4 is 5.32 Å². The van der Waals surface area contributed by atoms with Crippen molar-refractivity contribution in [3.05, 3.63) is 30.1 Å². The highest BCUT2D eigenvalue weighted by Gasteiger charge is 2.31. The lowest BCUT2D eigenvalue weighted by Gasteiger charge is -2.06. The van der Waals surface area contributed by atoms with Gasteiger partial charge >= 0.3 is 5.97 Å². The van der Waals surface area contributed by atoms with E-state index in [1.54, 1.807) is 6.07 Å². The molecule has 0 radical (unpaired) electrons. The number of rotatable bonds is 4. The SMILES string of the molecule is O=C(COC(=O)C1CC1)Nc1cccc(F)c1. The molecule has 4 nitrogen and oxygen atoms in total. The summed E-state index contributed by atoms with van der Waals surface area (Å²) in [6.45, 7) is -0.328. The van der Waals surface area contributed by atoms with E-state index in [0.29, 0.717) is 5.69 Å². The summed E-state index contributed by atoms with van der Waals surface area (Å²) in [5.41, 5.74) is 0.345. The average Bonchev–Trinajstić information content (AvgIpc) is 3.09. The van der Waals surface area contributed by atoms with Crippen LogP contribution in [0.2, 0.25) is 0 Å². The second-order valence-electron chi connectivity index (χ2n) is 3.94. The maximum atomic E-state index is 12.8. The monoisotopic (exact) mass is 237 g/mol. The Kier molecular flexibility index (Phi) is 3.37. The Bertz CT molecular complexity index is 443. The molecule has 1 N–H and O–H groups in total. The van der Waals surface area contributed by atoms with Crippen LogP contribution in [0.15, 0.2) is 24.3 Å². The summed E-state index contributed by atoms with van der Waals surface area (Å²) >= 11 is 0. The van der Waals surface area contributed by atoms with Crippen LogP contribution in [0.25, 0.3) is 0 Å². The van der Waals surface area contributed by atoms with Gasteiger partial charge in [0.05, 0.1) is 5.92 Å². The molecule has 1 aromatic rings. The summed E-state index contributed by atoms with van der Waals surface area (Å²) in [7, 11) is 0. The highest BCUT2D eigenvalue weighted by Crippen LogP contribution is 2.29. The van der Waals surface area contributed by atoms with Crippen LogP contribution in [-0.2, 0) is 14.3 Å². The molecule has 1 amide bonds. The first kappa shape index (κ1) is 11.6. The molecule has 0 saturated heterocycles. The van der Waals surface area contributed by atoms with Crippen LogP contribution in [-0.4, -0.2) is 18.5 Å². The number of benzene rings is 1. The van der Waals surface area contributed by atoms with E-state index in [4.69, 9.17) is 4.74 Å². The molecule has 0 heterocycles. The van der Waals surface area contributed by atoms with Gasteiger partial charge in [-0.15, -0.1) is 0 Å². The van der Waals surface area contributed by atoms with Gasteiger partial charge in [0.2, 0.25) is 0 Å². The van der Waals surface area contributed by atoms with Gasteiger partial charge in [0.1, 0.15) is 5.82 Å². The maximum absolute atomic E-state index is 12.8. The summed E-state index contributed by atoms with van der Waals surface area (Å²) in [4.78, 5) is 22.5. The second kappa shape index (κ2) is 4.95. The number of carbonyl (C=O) groups excluding carboxylic acids is 2. The molecule has 1 saturated carbocycles. The van der Waals surface area contributed by atoms with E-state index in [-0.39, 0.29) is 18.5 Å². The molecule has 1 fully saturated rings. The quantitative estimate of drug-likeness (QED) is 0.811. The summed E-state index contributed by atoms with van der Waals surface area (Å²) in [6.07, 6.45) is 1.68. The summed E-state index contributed by atoms with van der Waals surface area (Å²) in [5, 5.41) is 2.44. The van der Waals surface area contributed by atoms with Gasteiger partial charge in [-0.05, 0) is 31.0 Å². The number of ether oxygens (including phenoxy) is 1.